The summed E-state index contributed by atoms with van der Waals surface area (Å²) in [6.07, 6.45) is 0. The number of aromatic amines is 1. The van der Waals surface area contributed by atoms with Crippen molar-refractivity contribution >= 4 is 44.2 Å². The van der Waals surface area contributed by atoms with E-state index in [-0.39, 0.29) is 22.2 Å². The van der Waals surface area contributed by atoms with Crippen LogP contribution in [0.15, 0.2) is 63.3 Å². The number of aromatic nitrogens is 4. The Bertz CT molecular complexity index is 1640. The first-order chi connectivity index (χ1) is 15.8. The van der Waals surface area contributed by atoms with Crippen LogP contribution in [0.1, 0.15) is 28.4 Å². The fourth-order valence-corrected chi connectivity index (χ4v) is 5.71. The molecule has 3 aromatic heterocycles. The van der Waals surface area contributed by atoms with E-state index in [2.05, 4.69) is 9.97 Å². The van der Waals surface area contributed by atoms with Crippen LogP contribution in [-0.2, 0) is 0 Å². The van der Waals surface area contributed by atoms with Gasteiger partial charge in [-0.15, -0.1) is 11.3 Å². The van der Waals surface area contributed by atoms with E-state index in [4.69, 9.17) is 4.98 Å². The Kier molecular flexibility index (Phi) is 5.38. The molecule has 0 spiro atoms. The number of aryl methyl sites for hydroxylation is 2. The van der Waals surface area contributed by atoms with Crippen LogP contribution in [0.25, 0.3) is 26.8 Å². The van der Waals surface area contributed by atoms with Gasteiger partial charge in [-0.25, -0.2) is 14.4 Å². The van der Waals surface area contributed by atoms with Crippen LogP contribution in [-0.4, -0.2) is 19.5 Å². The molecule has 1 atom stereocenters. The van der Waals surface area contributed by atoms with Crippen LogP contribution < -0.4 is 11.1 Å². The summed E-state index contributed by atoms with van der Waals surface area (Å²) in [5.74, 6) is 0.117. The van der Waals surface area contributed by atoms with Crippen molar-refractivity contribution in [3.05, 3.63) is 91.3 Å². The van der Waals surface area contributed by atoms with Crippen LogP contribution in [0.3, 0.4) is 0 Å². The summed E-state index contributed by atoms with van der Waals surface area (Å²) in [6, 6.07) is 12.8. The van der Waals surface area contributed by atoms with Crippen LogP contribution in [0, 0.1) is 19.7 Å². The molecule has 33 heavy (non-hydrogen) atoms. The lowest BCUT2D eigenvalue weighted by Crippen LogP contribution is -2.22. The second kappa shape index (κ2) is 8.24. The lowest BCUT2D eigenvalue weighted by atomic mass is 10.2. The van der Waals surface area contributed by atoms with E-state index in [9.17, 15) is 14.0 Å². The maximum Gasteiger partial charge on any atom is 0.266 e. The predicted molar refractivity (Wildman–Crippen MR) is 131 cm³/mol. The fraction of sp³-hybridized carbons (Fsp3) is 0.167. The summed E-state index contributed by atoms with van der Waals surface area (Å²) in [4.78, 5) is 40.2. The second-order valence-corrected chi connectivity index (χ2v) is 10.2. The van der Waals surface area contributed by atoms with Gasteiger partial charge in [-0.3, -0.25) is 14.2 Å². The second-order valence-electron chi connectivity index (χ2n) is 7.70. The third kappa shape index (κ3) is 3.77. The number of nitrogens with one attached hydrogen (secondary N) is 1. The Labute approximate surface area is 196 Å². The monoisotopic (exact) mass is 478 g/mol. The van der Waals surface area contributed by atoms with E-state index < -0.39 is 0 Å². The van der Waals surface area contributed by atoms with Crippen molar-refractivity contribution in [2.45, 2.75) is 31.2 Å². The number of rotatable bonds is 4. The van der Waals surface area contributed by atoms with Crippen LogP contribution in [0.4, 0.5) is 4.39 Å². The van der Waals surface area contributed by atoms with Gasteiger partial charge in [0.25, 0.3) is 11.1 Å². The van der Waals surface area contributed by atoms with Crippen molar-refractivity contribution in [2.24, 2.45) is 0 Å². The Morgan fingerprint density at radius 2 is 1.79 bits per heavy atom. The van der Waals surface area contributed by atoms with Gasteiger partial charge in [-0.1, -0.05) is 23.9 Å². The van der Waals surface area contributed by atoms with E-state index in [0.29, 0.717) is 37.8 Å². The number of H-pyrrole nitrogens is 1. The van der Waals surface area contributed by atoms with E-state index >= 15 is 0 Å². The molecule has 0 saturated carbocycles. The van der Waals surface area contributed by atoms with Gasteiger partial charge in [0.15, 0.2) is 5.16 Å². The first-order valence-corrected chi connectivity index (χ1v) is 12.0. The average Bonchev–Trinajstić information content (AvgIpc) is 3.08. The molecule has 5 aromatic rings. The zero-order valence-electron chi connectivity index (χ0n) is 18.0. The minimum atomic E-state index is -0.389. The molecule has 0 radical (unpaired) electrons. The largest absolute Gasteiger partial charge is 0.309 e. The number of hydrogen-bond donors (Lipinski definition) is 1. The highest BCUT2D eigenvalue weighted by Crippen LogP contribution is 2.34. The van der Waals surface area contributed by atoms with Crippen molar-refractivity contribution in [3.8, 4) is 5.69 Å². The van der Waals surface area contributed by atoms with Crippen molar-refractivity contribution in [2.75, 3.05) is 0 Å². The molecule has 0 aliphatic carbocycles. The van der Waals surface area contributed by atoms with Crippen molar-refractivity contribution in [1.82, 2.24) is 19.5 Å². The van der Waals surface area contributed by atoms with E-state index in [1.165, 1.54) is 39.8 Å². The van der Waals surface area contributed by atoms with Crippen LogP contribution in [0.5, 0.6) is 0 Å². The lowest BCUT2D eigenvalue weighted by molar-refractivity contribution is 0.627. The molecule has 0 amide bonds. The molecule has 0 aliphatic heterocycles. The molecule has 2 aromatic carbocycles. The Morgan fingerprint density at radius 1 is 1.06 bits per heavy atom. The van der Waals surface area contributed by atoms with Crippen molar-refractivity contribution in [1.29, 1.82) is 0 Å². The summed E-state index contributed by atoms with van der Waals surface area (Å²) in [5, 5.41) is 1.21. The molecule has 1 N–H and O–H groups in total. The Balaban J connectivity index is 1.65. The first-order valence-electron chi connectivity index (χ1n) is 10.3. The lowest BCUT2D eigenvalue weighted by Gasteiger charge is -2.16. The van der Waals surface area contributed by atoms with Gasteiger partial charge in [0, 0.05) is 4.88 Å². The molecule has 1 unspecified atom stereocenters. The predicted octanol–water partition coefficient (Wildman–Crippen LogP) is 5.29. The highest BCUT2D eigenvalue weighted by molar-refractivity contribution is 7.99. The van der Waals surface area contributed by atoms with Crippen molar-refractivity contribution in [3.63, 3.8) is 0 Å². The van der Waals surface area contributed by atoms with Gasteiger partial charge in [-0.05, 0) is 62.7 Å². The zero-order chi connectivity index (χ0) is 23.3. The van der Waals surface area contributed by atoms with Crippen LogP contribution in [0.2, 0.25) is 0 Å². The molecule has 0 bridgehead atoms. The van der Waals surface area contributed by atoms with Gasteiger partial charge < -0.3 is 4.98 Å². The molecular weight excluding hydrogens is 459 g/mol. The zero-order valence-corrected chi connectivity index (χ0v) is 19.7. The summed E-state index contributed by atoms with van der Waals surface area (Å²) >= 11 is 2.80. The highest BCUT2D eigenvalue weighted by Gasteiger charge is 2.20. The van der Waals surface area contributed by atoms with Crippen molar-refractivity contribution < 1.29 is 4.39 Å². The number of halogens is 1. The number of hydrogen-bond acceptors (Lipinski definition) is 6. The number of nitrogens with zero attached hydrogens (tertiary/aromatic N) is 3. The minimum absolute atomic E-state index is 0.174. The highest BCUT2D eigenvalue weighted by atomic mass is 32.2. The number of thiophene rings is 1. The SMILES string of the molecule is Cc1sc2nc(C(C)Sc3nc4ccccc4c(=O)n3-c3ccc(F)cc3)[nH]c(=O)c2c1C. The normalized spacial score (nSPS) is 12.5. The topological polar surface area (TPSA) is 80.6 Å². The summed E-state index contributed by atoms with van der Waals surface area (Å²) in [7, 11) is 0. The third-order valence-corrected chi connectivity index (χ3v) is 7.72. The van der Waals surface area contributed by atoms with Gasteiger partial charge >= 0.3 is 0 Å². The molecule has 3 heterocycles. The maximum atomic E-state index is 13.5. The molecule has 0 aliphatic rings. The van der Waals surface area contributed by atoms with Gasteiger partial charge in [0.05, 0.1) is 27.2 Å². The van der Waals surface area contributed by atoms with Gasteiger partial charge in [0.2, 0.25) is 0 Å². The fourth-order valence-electron chi connectivity index (χ4n) is 3.69. The minimum Gasteiger partial charge on any atom is -0.309 e. The van der Waals surface area contributed by atoms with Gasteiger partial charge in [0.1, 0.15) is 16.5 Å². The molecule has 6 nitrogen and oxygen atoms in total. The third-order valence-electron chi connectivity index (χ3n) is 5.55. The first kappa shape index (κ1) is 21.5. The standard InChI is InChI=1S/C24H19FN4O2S2/c1-12-13(2)32-22-19(12)21(30)27-20(28-22)14(3)33-24-26-18-7-5-4-6-17(18)23(31)29(24)16-10-8-15(25)9-11-16/h4-11,14H,1-3H3,(H,27,28,30). The smallest absolute Gasteiger partial charge is 0.266 e. The van der Waals surface area contributed by atoms with Gasteiger partial charge in [-0.2, -0.15) is 0 Å². The van der Waals surface area contributed by atoms with E-state index in [1.54, 1.807) is 30.3 Å². The molecular formula is C24H19FN4O2S2. The van der Waals surface area contributed by atoms with E-state index in [0.717, 1.165) is 10.4 Å². The molecule has 0 fully saturated rings. The molecule has 9 heteroatoms. The number of thioether (sulfide) groups is 1. The average molecular weight is 479 g/mol. The molecule has 5 rings (SSSR count). The molecule has 166 valence electrons. The number of fused-ring (bicyclic) bond motifs is 2. The Hall–Kier alpha value is -3.30. The quantitative estimate of drug-likeness (QED) is 0.280. The summed E-state index contributed by atoms with van der Waals surface area (Å²) in [6.45, 7) is 5.79. The number of benzene rings is 2. The summed E-state index contributed by atoms with van der Waals surface area (Å²) in [5.41, 5.74) is 1.60. The maximum absolute atomic E-state index is 13.5. The van der Waals surface area contributed by atoms with Crippen LogP contribution >= 0.6 is 23.1 Å². The molecule has 0 saturated heterocycles. The summed E-state index contributed by atoms with van der Waals surface area (Å²) < 4.78 is 15.0. The Morgan fingerprint density at radius 3 is 2.55 bits per heavy atom. The van der Waals surface area contributed by atoms with E-state index in [1.807, 2.05) is 26.8 Å². The number of para-hydroxylation sites is 1.